The Balaban J connectivity index is 0. The molecule has 0 aromatic heterocycles. The maximum atomic E-state index is 5.34. The molecule has 0 N–H and O–H groups in total. The van der Waals surface area contributed by atoms with Crippen LogP contribution in [0.25, 0.3) is 0 Å². The van der Waals surface area contributed by atoms with Crippen LogP contribution >= 0.6 is 0 Å². The number of allylic oxidation sites excluding steroid dienone is 3. The second kappa shape index (κ2) is 14.4. The summed E-state index contributed by atoms with van der Waals surface area (Å²) in [6, 6.07) is 0.523. The smallest absolute Gasteiger partial charge is 0.0598 e. The van der Waals surface area contributed by atoms with Crippen LogP contribution in [0.15, 0.2) is 23.3 Å². The van der Waals surface area contributed by atoms with Crippen molar-refractivity contribution in [2.24, 2.45) is 0 Å². The summed E-state index contributed by atoms with van der Waals surface area (Å²) in [4.78, 5) is 2.24. The maximum Gasteiger partial charge on any atom is 0.0598 e. The number of hydrogen-bond donors (Lipinski definition) is 0. The first kappa shape index (κ1) is 21.3. The summed E-state index contributed by atoms with van der Waals surface area (Å²) in [6.07, 6.45) is 14.8. The molecule has 0 heterocycles. The molecule has 0 aromatic rings. The van der Waals surface area contributed by atoms with Crippen molar-refractivity contribution < 1.29 is 0 Å². The van der Waals surface area contributed by atoms with E-state index in [1.54, 1.807) is 0 Å². The van der Waals surface area contributed by atoms with E-state index in [9.17, 15) is 0 Å². The van der Waals surface area contributed by atoms with Gasteiger partial charge in [0.05, 0.1) is 6.54 Å². The molecule has 116 valence electrons. The highest BCUT2D eigenvalue weighted by molar-refractivity contribution is 5.33. The van der Waals surface area contributed by atoms with Gasteiger partial charge in [0.2, 0.25) is 0 Å². The lowest BCUT2D eigenvalue weighted by Crippen LogP contribution is -2.30. The fraction of sp³-hybridized carbons (Fsp3) is 0.684. The van der Waals surface area contributed by atoms with Crippen molar-refractivity contribution in [2.75, 3.05) is 13.6 Å². The van der Waals surface area contributed by atoms with Crippen LogP contribution < -0.4 is 0 Å². The number of hydrogen-bond acceptors (Lipinski definition) is 1. The van der Waals surface area contributed by atoms with E-state index in [0.29, 0.717) is 6.04 Å². The van der Waals surface area contributed by atoms with E-state index in [1.807, 2.05) is 27.7 Å². The second-order valence-electron chi connectivity index (χ2n) is 4.56. The Kier molecular flexibility index (Phi) is 15.3. The minimum absolute atomic E-state index is 0.523. The lowest BCUT2D eigenvalue weighted by molar-refractivity contribution is 0.287. The van der Waals surface area contributed by atoms with Crippen molar-refractivity contribution in [1.82, 2.24) is 4.90 Å². The minimum atomic E-state index is 0.523. The molecule has 1 heteroatoms. The third kappa shape index (κ3) is 8.23. The maximum absolute atomic E-state index is 5.34. The van der Waals surface area contributed by atoms with Crippen molar-refractivity contribution in [1.29, 1.82) is 0 Å². The SMILES string of the molecule is C#CCN(C)C(C)CC1=CCCC=C1CC.CC.CC. The van der Waals surface area contributed by atoms with Crippen molar-refractivity contribution in [3.8, 4) is 12.3 Å². The van der Waals surface area contributed by atoms with E-state index >= 15 is 0 Å². The van der Waals surface area contributed by atoms with E-state index in [4.69, 9.17) is 6.42 Å². The summed E-state index contributed by atoms with van der Waals surface area (Å²) < 4.78 is 0. The van der Waals surface area contributed by atoms with E-state index < -0.39 is 0 Å². The first-order valence-corrected chi connectivity index (χ1v) is 8.21. The van der Waals surface area contributed by atoms with Gasteiger partial charge >= 0.3 is 0 Å². The summed E-state index contributed by atoms with van der Waals surface area (Å²) in [6.45, 7) is 13.2. The molecule has 1 aliphatic rings. The van der Waals surface area contributed by atoms with Gasteiger partial charge in [0.25, 0.3) is 0 Å². The van der Waals surface area contributed by atoms with Crippen LogP contribution in [0.4, 0.5) is 0 Å². The summed E-state index contributed by atoms with van der Waals surface area (Å²) in [5, 5.41) is 0. The Morgan fingerprint density at radius 3 is 2.10 bits per heavy atom. The van der Waals surface area contributed by atoms with Gasteiger partial charge < -0.3 is 0 Å². The zero-order chi connectivity index (χ0) is 16.0. The van der Waals surface area contributed by atoms with E-state index in [-0.39, 0.29) is 0 Å². The largest absolute Gasteiger partial charge is 0.292 e. The van der Waals surface area contributed by atoms with Crippen molar-refractivity contribution in [2.45, 2.75) is 73.3 Å². The minimum Gasteiger partial charge on any atom is -0.292 e. The number of terminal acetylenes is 1. The van der Waals surface area contributed by atoms with Crippen LogP contribution in [-0.4, -0.2) is 24.5 Å². The Labute approximate surface area is 128 Å². The molecule has 1 atom stereocenters. The molecular formula is C19H35N. The van der Waals surface area contributed by atoms with Crippen LogP contribution in [0.2, 0.25) is 0 Å². The van der Waals surface area contributed by atoms with Gasteiger partial charge in [-0.25, -0.2) is 0 Å². The predicted octanol–water partition coefficient (Wildman–Crippen LogP) is 5.44. The summed E-state index contributed by atoms with van der Waals surface area (Å²) in [5.41, 5.74) is 3.07. The van der Waals surface area contributed by atoms with E-state index in [1.165, 1.54) is 24.0 Å². The molecule has 1 nitrogen and oxygen atoms in total. The fourth-order valence-corrected chi connectivity index (χ4v) is 2.14. The first-order chi connectivity index (χ1) is 9.69. The highest BCUT2D eigenvalue weighted by Crippen LogP contribution is 2.26. The molecule has 0 aromatic carbocycles. The third-order valence-electron chi connectivity index (χ3n) is 3.35. The standard InChI is InChI=1S/C15H23N.2C2H6/c1-5-11-16(4)13(3)12-15-10-8-7-9-14(15)6-2;2*1-2/h1,9-10,13H,6-8,11-12H2,2-4H3;2*1-2H3. The summed E-state index contributed by atoms with van der Waals surface area (Å²) in [5.74, 6) is 2.70. The van der Waals surface area contributed by atoms with Gasteiger partial charge in [-0.2, -0.15) is 0 Å². The van der Waals surface area contributed by atoms with E-state index in [0.717, 1.165) is 19.4 Å². The molecule has 0 bridgehead atoms. The zero-order valence-electron chi connectivity index (χ0n) is 14.8. The molecule has 0 radical (unpaired) electrons. The van der Waals surface area contributed by atoms with Gasteiger partial charge in [-0.1, -0.05) is 52.7 Å². The summed E-state index contributed by atoms with van der Waals surface area (Å²) in [7, 11) is 2.10. The molecule has 0 amide bonds. The second-order valence-corrected chi connectivity index (χ2v) is 4.56. The molecule has 1 unspecified atom stereocenters. The van der Waals surface area contributed by atoms with Gasteiger partial charge in [0, 0.05) is 6.04 Å². The topological polar surface area (TPSA) is 3.24 Å². The molecule has 0 saturated heterocycles. The molecule has 0 saturated carbocycles. The molecule has 0 aliphatic heterocycles. The Morgan fingerprint density at radius 1 is 1.15 bits per heavy atom. The molecule has 20 heavy (non-hydrogen) atoms. The molecular weight excluding hydrogens is 242 g/mol. The Morgan fingerprint density at radius 2 is 1.65 bits per heavy atom. The van der Waals surface area contributed by atoms with Crippen molar-refractivity contribution in [3.05, 3.63) is 23.3 Å². The molecule has 0 spiro atoms. The van der Waals surface area contributed by atoms with Crippen molar-refractivity contribution in [3.63, 3.8) is 0 Å². The van der Waals surface area contributed by atoms with Crippen molar-refractivity contribution >= 4 is 0 Å². The predicted molar refractivity (Wildman–Crippen MR) is 93.9 cm³/mol. The fourth-order valence-electron chi connectivity index (χ4n) is 2.14. The van der Waals surface area contributed by atoms with E-state index in [2.05, 4.69) is 43.9 Å². The number of rotatable bonds is 5. The quantitative estimate of drug-likeness (QED) is 0.605. The lowest BCUT2D eigenvalue weighted by atomic mass is 9.91. The van der Waals surface area contributed by atoms with Crippen LogP contribution in [0.3, 0.4) is 0 Å². The first-order valence-electron chi connectivity index (χ1n) is 8.21. The molecule has 1 aliphatic carbocycles. The lowest BCUT2D eigenvalue weighted by Gasteiger charge is -2.25. The van der Waals surface area contributed by atoms with Crippen LogP contribution in [-0.2, 0) is 0 Å². The highest BCUT2D eigenvalue weighted by atomic mass is 15.1. The zero-order valence-corrected chi connectivity index (χ0v) is 14.8. The van der Waals surface area contributed by atoms with Crippen LogP contribution in [0.1, 0.15) is 67.2 Å². The van der Waals surface area contributed by atoms with Crippen LogP contribution in [0, 0.1) is 12.3 Å². The third-order valence-corrected chi connectivity index (χ3v) is 3.35. The Hall–Kier alpha value is -1.00. The molecule has 0 fully saturated rings. The Bertz CT molecular complexity index is 317. The van der Waals surface area contributed by atoms with Gasteiger partial charge in [-0.05, 0) is 50.8 Å². The average molecular weight is 277 g/mol. The van der Waals surface area contributed by atoms with Gasteiger partial charge in [0.15, 0.2) is 0 Å². The molecule has 1 rings (SSSR count). The van der Waals surface area contributed by atoms with Crippen LogP contribution in [0.5, 0.6) is 0 Å². The van der Waals surface area contributed by atoms with Gasteiger partial charge in [0.1, 0.15) is 0 Å². The van der Waals surface area contributed by atoms with Gasteiger partial charge in [-0.3, -0.25) is 4.90 Å². The average Bonchev–Trinajstić information content (AvgIpc) is 2.52. The highest BCUT2D eigenvalue weighted by Gasteiger charge is 2.14. The summed E-state index contributed by atoms with van der Waals surface area (Å²) >= 11 is 0. The number of nitrogens with zero attached hydrogens (tertiary/aromatic N) is 1. The normalized spacial score (nSPS) is 14.8. The monoisotopic (exact) mass is 277 g/mol. The van der Waals surface area contributed by atoms with Gasteiger partial charge in [-0.15, -0.1) is 6.42 Å².